The van der Waals surface area contributed by atoms with E-state index in [4.69, 9.17) is 9.84 Å². The Morgan fingerprint density at radius 3 is 2.71 bits per heavy atom. The van der Waals surface area contributed by atoms with Crippen LogP contribution in [0.15, 0.2) is 54.7 Å². The van der Waals surface area contributed by atoms with Crippen LogP contribution in [0.25, 0.3) is 10.4 Å². The molecule has 5 nitrogen and oxygen atoms in total. The summed E-state index contributed by atoms with van der Waals surface area (Å²) in [6, 6.07) is 14.0. The van der Waals surface area contributed by atoms with E-state index >= 15 is 0 Å². The average Bonchev–Trinajstić information content (AvgIpc) is 3.34. The molecule has 2 heterocycles. The lowest BCUT2D eigenvalue weighted by Crippen LogP contribution is -2.44. The minimum atomic E-state index is -0.840. The molecule has 0 radical (unpaired) electrons. The number of halogens is 1. The molecule has 1 fully saturated rings. The summed E-state index contributed by atoms with van der Waals surface area (Å²) in [6.45, 7) is 7.08. The first kappa shape index (κ1) is 25.2. The first-order valence-corrected chi connectivity index (χ1v) is 13.1. The second kappa shape index (κ2) is 11.2. The van der Waals surface area contributed by atoms with Gasteiger partial charge in [-0.05, 0) is 66.0 Å². The molecule has 1 saturated heterocycles. The molecule has 4 rings (SSSR count). The number of rotatable bonds is 10. The summed E-state index contributed by atoms with van der Waals surface area (Å²) in [6.07, 6.45) is 6.07. The molecule has 1 aromatic heterocycles. The second-order valence-corrected chi connectivity index (χ2v) is 10.5. The van der Waals surface area contributed by atoms with Gasteiger partial charge < -0.3 is 14.7 Å². The van der Waals surface area contributed by atoms with Gasteiger partial charge in [-0.1, -0.05) is 55.9 Å². The van der Waals surface area contributed by atoms with Crippen LogP contribution in [0.3, 0.4) is 0 Å². The third-order valence-corrected chi connectivity index (χ3v) is 8.52. The molecule has 1 aliphatic rings. The van der Waals surface area contributed by atoms with Crippen molar-refractivity contribution in [1.82, 2.24) is 4.98 Å². The monoisotopic (exact) mass is 496 g/mol. The van der Waals surface area contributed by atoms with Crippen LogP contribution in [0.1, 0.15) is 45.1 Å². The summed E-state index contributed by atoms with van der Waals surface area (Å²) in [5.74, 6) is 0.233. The number of carboxylic acid groups (broad SMARTS) is 1. The smallest absolute Gasteiger partial charge is 0.307 e. The van der Waals surface area contributed by atoms with Crippen molar-refractivity contribution >= 4 is 22.4 Å². The van der Waals surface area contributed by atoms with Crippen LogP contribution in [0.2, 0.25) is 0 Å². The Balaban J connectivity index is 1.37. The fourth-order valence-electron chi connectivity index (χ4n) is 5.04. The molecule has 1 atom stereocenters. The van der Waals surface area contributed by atoms with E-state index in [1.807, 2.05) is 36.5 Å². The van der Waals surface area contributed by atoms with Gasteiger partial charge in [-0.25, -0.2) is 9.37 Å². The van der Waals surface area contributed by atoms with Gasteiger partial charge >= 0.3 is 5.97 Å². The van der Waals surface area contributed by atoms with Crippen molar-refractivity contribution in [1.29, 1.82) is 0 Å². The van der Waals surface area contributed by atoms with Gasteiger partial charge in [0.05, 0.1) is 17.9 Å². The van der Waals surface area contributed by atoms with E-state index in [2.05, 4.69) is 23.7 Å². The molecule has 7 heteroatoms. The van der Waals surface area contributed by atoms with Crippen LogP contribution in [-0.2, 0) is 11.2 Å². The number of aromatic nitrogens is 1. The molecule has 186 valence electrons. The van der Waals surface area contributed by atoms with Crippen LogP contribution < -0.4 is 9.64 Å². The molecule has 0 bridgehead atoms. The zero-order valence-electron chi connectivity index (χ0n) is 20.4. The maximum atomic E-state index is 13.6. The van der Waals surface area contributed by atoms with Crippen LogP contribution in [0, 0.1) is 17.2 Å². The lowest BCUT2D eigenvalue weighted by atomic mass is 9.66. The number of piperidine rings is 1. The Bertz CT molecular complexity index is 1140. The number of carboxylic acids is 1. The van der Waals surface area contributed by atoms with Gasteiger partial charge in [0.15, 0.2) is 5.13 Å². The van der Waals surface area contributed by atoms with Gasteiger partial charge in [-0.3, -0.25) is 4.79 Å². The standard InChI is InChI=1S/C28H33FN2O3S/c1-3-20(2)28(12-15-34-24-9-4-6-21(16-24)17-26(32)33)10-13-31(14-11-28)27-30-19-25(35-27)22-7-5-8-23(29)18-22/h4-9,16,18-20H,3,10-15,17H2,1-2H3,(H,32,33). The first-order valence-electron chi connectivity index (χ1n) is 12.3. The predicted octanol–water partition coefficient (Wildman–Crippen LogP) is 6.68. The number of benzene rings is 2. The molecular formula is C28H33FN2O3S. The van der Waals surface area contributed by atoms with Crippen LogP contribution in [0.4, 0.5) is 9.52 Å². The number of aliphatic carboxylic acids is 1. The highest BCUT2D eigenvalue weighted by atomic mass is 32.1. The largest absolute Gasteiger partial charge is 0.494 e. The molecule has 0 saturated carbocycles. The maximum Gasteiger partial charge on any atom is 0.307 e. The molecule has 0 spiro atoms. The fraction of sp³-hybridized carbons (Fsp3) is 0.429. The quantitative estimate of drug-likeness (QED) is 0.339. The Labute approximate surface area is 210 Å². The highest BCUT2D eigenvalue weighted by molar-refractivity contribution is 7.18. The van der Waals surface area contributed by atoms with E-state index in [1.54, 1.807) is 23.5 Å². The van der Waals surface area contributed by atoms with Crippen molar-refractivity contribution in [3.05, 3.63) is 66.1 Å². The van der Waals surface area contributed by atoms with E-state index in [-0.39, 0.29) is 17.7 Å². The summed E-state index contributed by atoms with van der Waals surface area (Å²) in [5, 5.41) is 10.0. The predicted molar refractivity (Wildman–Crippen MR) is 139 cm³/mol. The number of nitrogens with zero attached hydrogens (tertiary/aromatic N) is 2. The SMILES string of the molecule is CCC(C)C1(CCOc2cccc(CC(=O)O)c2)CCN(c2ncc(-c3cccc(F)c3)s2)CC1. The minimum Gasteiger partial charge on any atom is -0.494 e. The number of hydrogen-bond acceptors (Lipinski definition) is 5. The molecule has 35 heavy (non-hydrogen) atoms. The average molecular weight is 497 g/mol. The summed E-state index contributed by atoms with van der Waals surface area (Å²) < 4.78 is 19.7. The van der Waals surface area contributed by atoms with Gasteiger partial charge in [-0.2, -0.15) is 0 Å². The minimum absolute atomic E-state index is 0.00151. The summed E-state index contributed by atoms with van der Waals surface area (Å²) in [5.41, 5.74) is 1.82. The number of ether oxygens (including phenoxy) is 1. The molecule has 1 unspecified atom stereocenters. The lowest BCUT2D eigenvalue weighted by molar-refractivity contribution is -0.136. The van der Waals surface area contributed by atoms with Crippen LogP contribution in [-0.4, -0.2) is 35.8 Å². The van der Waals surface area contributed by atoms with Crippen molar-refractivity contribution in [2.45, 2.75) is 46.0 Å². The fourth-order valence-corrected chi connectivity index (χ4v) is 6.01. The van der Waals surface area contributed by atoms with Crippen molar-refractivity contribution < 1.29 is 19.0 Å². The van der Waals surface area contributed by atoms with Crippen molar-refractivity contribution in [2.75, 3.05) is 24.6 Å². The number of thiazole rings is 1. The highest BCUT2D eigenvalue weighted by Gasteiger charge is 2.39. The lowest BCUT2D eigenvalue weighted by Gasteiger charge is -2.45. The van der Waals surface area contributed by atoms with Gasteiger partial charge in [0, 0.05) is 19.3 Å². The van der Waals surface area contributed by atoms with E-state index in [0.717, 1.165) is 65.7 Å². The van der Waals surface area contributed by atoms with E-state index < -0.39 is 5.97 Å². The Kier molecular flexibility index (Phi) is 8.06. The zero-order chi connectivity index (χ0) is 24.8. The van der Waals surface area contributed by atoms with Gasteiger partial charge in [0.1, 0.15) is 11.6 Å². The molecule has 3 aromatic rings. The van der Waals surface area contributed by atoms with Crippen LogP contribution >= 0.6 is 11.3 Å². The van der Waals surface area contributed by atoms with Gasteiger partial charge in [-0.15, -0.1) is 0 Å². The topological polar surface area (TPSA) is 62.7 Å². The van der Waals surface area contributed by atoms with Crippen LogP contribution in [0.5, 0.6) is 5.75 Å². The van der Waals surface area contributed by atoms with Crippen molar-refractivity contribution in [3.63, 3.8) is 0 Å². The van der Waals surface area contributed by atoms with E-state index in [9.17, 15) is 9.18 Å². The summed E-state index contributed by atoms with van der Waals surface area (Å²) >= 11 is 1.62. The van der Waals surface area contributed by atoms with Crippen molar-refractivity contribution in [2.24, 2.45) is 11.3 Å². The molecular weight excluding hydrogens is 463 g/mol. The second-order valence-electron chi connectivity index (χ2n) is 9.49. The van der Waals surface area contributed by atoms with Crippen molar-refractivity contribution in [3.8, 4) is 16.2 Å². The van der Waals surface area contributed by atoms with Gasteiger partial charge in [0.25, 0.3) is 0 Å². The molecule has 1 N–H and O–H groups in total. The first-order chi connectivity index (χ1) is 16.9. The number of anilines is 1. The summed E-state index contributed by atoms with van der Waals surface area (Å²) in [7, 11) is 0. The molecule has 0 aliphatic carbocycles. The van der Waals surface area contributed by atoms with E-state index in [0.29, 0.717) is 12.5 Å². The molecule has 2 aromatic carbocycles. The Morgan fingerprint density at radius 1 is 1.23 bits per heavy atom. The van der Waals surface area contributed by atoms with Gasteiger partial charge in [0.2, 0.25) is 0 Å². The summed E-state index contributed by atoms with van der Waals surface area (Å²) in [4.78, 5) is 19.0. The number of hydrogen-bond donors (Lipinski definition) is 1. The third-order valence-electron chi connectivity index (χ3n) is 7.41. The normalized spacial score (nSPS) is 16.1. The third kappa shape index (κ3) is 6.20. The van der Waals surface area contributed by atoms with E-state index in [1.165, 1.54) is 6.07 Å². The number of carbonyl (C=O) groups is 1. The molecule has 1 aliphatic heterocycles. The Hall–Kier alpha value is -2.93. The highest BCUT2D eigenvalue weighted by Crippen LogP contribution is 2.45. The Morgan fingerprint density at radius 2 is 2.00 bits per heavy atom. The zero-order valence-corrected chi connectivity index (χ0v) is 21.2. The molecule has 0 amide bonds. The maximum absolute atomic E-state index is 13.6.